The van der Waals surface area contributed by atoms with E-state index >= 15 is 0 Å². The molecule has 0 bridgehead atoms. The molecule has 1 fully saturated rings. The Morgan fingerprint density at radius 3 is 2.78 bits per heavy atom. The molecule has 1 saturated heterocycles. The van der Waals surface area contributed by atoms with E-state index in [0.717, 1.165) is 12.3 Å². The maximum atomic E-state index is 12.8. The van der Waals surface area contributed by atoms with Gasteiger partial charge in [-0.15, -0.1) is 11.3 Å². The molecule has 9 nitrogen and oxygen atoms in total. The predicted molar refractivity (Wildman–Crippen MR) is 144 cm³/mol. The van der Waals surface area contributed by atoms with Gasteiger partial charge < -0.3 is 14.5 Å². The van der Waals surface area contributed by atoms with E-state index < -0.39 is 5.60 Å². The molecule has 1 aliphatic heterocycles. The molecule has 1 aromatic carbocycles. The number of hydrogen-bond donors (Lipinski definition) is 1. The molecule has 0 radical (unpaired) electrons. The van der Waals surface area contributed by atoms with Crippen LogP contribution in [0, 0.1) is 0 Å². The van der Waals surface area contributed by atoms with Crippen molar-refractivity contribution in [2.24, 2.45) is 4.99 Å². The van der Waals surface area contributed by atoms with Crippen molar-refractivity contribution >= 4 is 50.8 Å². The number of H-pyrrole nitrogens is 1. The molecule has 1 amide bonds. The highest BCUT2D eigenvalue weighted by atomic mass is 35.5. The Morgan fingerprint density at radius 1 is 1.28 bits per heavy atom. The van der Waals surface area contributed by atoms with Crippen LogP contribution in [-0.4, -0.2) is 70.1 Å². The predicted octanol–water partition coefficient (Wildman–Crippen LogP) is 5.31. The summed E-state index contributed by atoms with van der Waals surface area (Å²) in [6.07, 6.45) is -0.313. The molecule has 192 valence electrons. The van der Waals surface area contributed by atoms with Gasteiger partial charge in [0.15, 0.2) is 5.43 Å². The van der Waals surface area contributed by atoms with Crippen molar-refractivity contribution < 1.29 is 14.3 Å². The molecule has 0 atom stereocenters. The number of halogens is 1. The zero-order valence-electron chi connectivity index (χ0n) is 21.1. The average Bonchev–Trinajstić information content (AvgIpc) is 3.44. The minimum Gasteiger partial charge on any atom is -0.491 e. The standard InChI is InChI=1S/C25H30ClN5O4S/c1-15(2)27-23-29-18(13-36-23)17-12-19(32)16-6-7-20(21(26)22(16)28-17)34-11-10-30-8-9-31(14-30)24(33)35-25(3,4)5/h6-7,12-13H,8-11,14H2,1-5H3,(H,28,32). The summed E-state index contributed by atoms with van der Waals surface area (Å²) in [6, 6.07) is 4.93. The van der Waals surface area contributed by atoms with Gasteiger partial charge in [-0.25, -0.2) is 14.8 Å². The smallest absolute Gasteiger partial charge is 0.411 e. The minimum atomic E-state index is -0.522. The van der Waals surface area contributed by atoms with Gasteiger partial charge in [-0.1, -0.05) is 11.6 Å². The van der Waals surface area contributed by atoms with Gasteiger partial charge in [-0.2, -0.15) is 0 Å². The Hall–Kier alpha value is -2.95. The van der Waals surface area contributed by atoms with Gasteiger partial charge in [0, 0.05) is 42.2 Å². The lowest BCUT2D eigenvalue weighted by Gasteiger charge is -2.24. The molecule has 4 rings (SSSR count). The van der Waals surface area contributed by atoms with Crippen molar-refractivity contribution in [3.63, 3.8) is 0 Å². The number of hydrogen-bond acceptors (Lipinski definition) is 8. The normalized spacial score (nSPS) is 14.3. The van der Waals surface area contributed by atoms with Crippen LogP contribution in [0.5, 0.6) is 5.75 Å². The third-order valence-corrected chi connectivity index (χ3v) is 6.48. The summed E-state index contributed by atoms with van der Waals surface area (Å²) in [5.41, 5.74) is 1.92. The van der Waals surface area contributed by atoms with Crippen LogP contribution in [-0.2, 0) is 4.74 Å². The van der Waals surface area contributed by atoms with E-state index in [9.17, 15) is 9.59 Å². The second-order valence-corrected chi connectivity index (χ2v) is 11.0. The van der Waals surface area contributed by atoms with Crippen LogP contribution in [0.15, 0.2) is 33.4 Å². The molecule has 1 aliphatic rings. The van der Waals surface area contributed by atoms with E-state index in [1.807, 2.05) is 40.0 Å². The number of carbonyl (C=O) groups is 1. The quantitative estimate of drug-likeness (QED) is 0.433. The molecule has 0 unspecified atom stereocenters. The number of ether oxygens (including phenoxy) is 2. The number of thiazole rings is 1. The maximum absolute atomic E-state index is 12.8. The lowest BCUT2D eigenvalue weighted by molar-refractivity contribution is 0.0262. The summed E-state index contributed by atoms with van der Waals surface area (Å²) >= 11 is 8.05. The molecule has 11 heteroatoms. The van der Waals surface area contributed by atoms with Gasteiger partial charge in [0.1, 0.15) is 23.0 Å². The summed E-state index contributed by atoms with van der Waals surface area (Å²) in [5, 5.41) is 3.29. The van der Waals surface area contributed by atoms with Crippen molar-refractivity contribution in [2.45, 2.75) is 40.2 Å². The molecule has 0 aliphatic carbocycles. The fourth-order valence-corrected chi connectivity index (χ4v) is 4.78. The molecular weight excluding hydrogens is 502 g/mol. The van der Waals surface area contributed by atoms with E-state index in [0.29, 0.717) is 64.6 Å². The van der Waals surface area contributed by atoms with Gasteiger partial charge in [0.25, 0.3) is 0 Å². The first-order chi connectivity index (χ1) is 17.0. The molecule has 36 heavy (non-hydrogen) atoms. The number of aromatic nitrogens is 2. The number of amides is 1. The summed E-state index contributed by atoms with van der Waals surface area (Å²) < 4.78 is 11.4. The van der Waals surface area contributed by atoms with E-state index in [4.69, 9.17) is 21.1 Å². The Labute approximate surface area is 218 Å². The number of aromatic amines is 1. The summed E-state index contributed by atoms with van der Waals surface area (Å²) in [5.74, 6) is 0.477. The fraction of sp³-hybridized carbons (Fsp3) is 0.440. The molecule has 1 N–H and O–H groups in total. The fourth-order valence-electron chi connectivity index (χ4n) is 3.73. The number of rotatable bonds is 6. The van der Waals surface area contributed by atoms with Crippen LogP contribution in [0.3, 0.4) is 0 Å². The van der Waals surface area contributed by atoms with Gasteiger partial charge in [-0.05, 0) is 46.8 Å². The van der Waals surface area contributed by atoms with Crippen molar-refractivity contribution in [2.75, 3.05) is 32.9 Å². The van der Waals surface area contributed by atoms with Gasteiger partial charge in [0.2, 0.25) is 5.13 Å². The van der Waals surface area contributed by atoms with Crippen molar-refractivity contribution in [3.05, 3.63) is 38.8 Å². The van der Waals surface area contributed by atoms with Crippen LogP contribution < -0.4 is 10.2 Å². The van der Waals surface area contributed by atoms with Gasteiger partial charge in [0.05, 0.1) is 23.6 Å². The first-order valence-corrected chi connectivity index (χ1v) is 12.9. The lowest BCUT2D eigenvalue weighted by atomic mass is 10.1. The van der Waals surface area contributed by atoms with Crippen LogP contribution in [0.4, 0.5) is 9.93 Å². The molecule has 3 aromatic rings. The highest BCUT2D eigenvalue weighted by Gasteiger charge is 2.28. The van der Waals surface area contributed by atoms with E-state index in [1.54, 1.807) is 17.0 Å². The lowest BCUT2D eigenvalue weighted by Crippen LogP contribution is -2.37. The number of nitrogens with zero attached hydrogens (tertiary/aromatic N) is 4. The molecular formula is C25H30ClN5O4S. The number of benzene rings is 1. The van der Waals surface area contributed by atoms with Crippen LogP contribution in [0.1, 0.15) is 34.6 Å². The number of carbonyl (C=O) groups excluding carboxylic acids is 1. The second kappa shape index (κ2) is 10.6. The van der Waals surface area contributed by atoms with Gasteiger partial charge >= 0.3 is 6.09 Å². The SMILES string of the molecule is CC(C)=Nc1nc(-c2cc(=O)c3ccc(OCCN4CCN(C(=O)OC(C)(C)C)C4)c(Cl)c3[nH]2)cs1. The topological polar surface area (TPSA) is 100 Å². The number of pyridine rings is 1. The highest BCUT2D eigenvalue weighted by molar-refractivity contribution is 7.13. The average molecular weight is 532 g/mol. The Morgan fingerprint density at radius 2 is 2.06 bits per heavy atom. The van der Waals surface area contributed by atoms with E-state index in [-0.39, 0.29) is 11.5 Å². The third kappa shape index (κ3) is 6.24. The van der Waals surface area contributed by atoms with Crippen molar-refractivity contribution in [1.29, 1.82) is 0 Å². The van der Waals surface area contributed by atoms with E-state index in [2.05, 4.69) is 19.9 Å². The third-order valence-electron chi connectivity index (χ3n) is 5.37. The minimum absolute atomic E-state index is 0.156. The highest BCUT2D eigenvalue weighted by Crippen LogP contribution is 2.33. The van der Waals surface area contributed by atoms with Crippen LogP contribution in [0.25, 0.3) is 22.3 Å². The Kier molecular flexibility index (Phi) is 7.67. The Bertz CT molecular complexity index is 1360. The summed E-state index contributed by atoms with van der Waals surface area (Å²) in [4.78, 5) is 40.9. The molecule has 0 spiro atoms. The maximum Gasteiger partial charge on any atom is 0.411 e. The van der Waals surface area contributed by atoms with Crippen LogP contribution >= 0.6 is 22.9 Å². The first kappa shape index (κ1) is 26.1. The number of fused-ring (bicyclic) bond motifs is 1. The molecule has 0 saturated carbocycles. The number of aliphatic imine (C=N–C) groups is 1. The van der Waals surface area contributed by atoms with Crippen molar-refractivity contribution in [3.8, 4) is 17.1 Å². The zero-order valence-corrected chi connectivity index (χ0v) is 22.6. The van der Waals surface area contributed by atoms with Crippen LogP contribution in [0.2, 0.25) is 5.02 Å². The van der Waals surface area contributed by atoms with Gasteiger partial charge in [-0.3, -0.25) is 14.6 Å². The second-order valence-electron chi connectivity index (χ2n) is 9.77. The largest absolute Gasteiger partial charge is 0.491 e. The molecule has 3 heterocycles. The first-order valence-electron chi connectivity index (χ1n) is 11.7. The Balaban J connectivity index is 1.44. The molecule has 2 aromatic heterocycles. The van der Waals surface area contributed by atoms with Crippen molar-refractivity contribution in [1.82, 2.24) is 19.8 Å². The summed E-state index contributed by atoms with van der Waals surface area (Å²) in [7, 11) is 0. The monoisotopic (exact) mass is 531 g/mol. The van der Waals surface area contributed by atoms with E-state index in [1.165, 1.54) is 17.4 Å². The zero-order chi connectivity index (χ0) is 26.0. The summed E-state index contributed by atoms with van der Waals surface area (Å²) in [6.45, 7) is 12.2. The number of nitrogens with one attached hydrogen (secondary N) is 1.